The highest BCUT2D eigenvalue weighted by atomic mass is 35.5. The quantitative estimate of drug-likeness (QED) is 0.352. The standard InChI is InChI=1S/C18H19N3O.C9H4ClN3O.C8H15N/c19-9-15-16(22)8-13-10-20-7-4-14(13)17(15)21-11-18(12-21)5-2-1-3-6-18;10-8-5-1-2-12-4-7(5)13-9(14)6(8)3-11;1-2-4-8(5-3-1)6-9-7-8/h4,7,10H,1-3,5-6,8,11-12H2;1-2,4H,(H,13,14);9H,1-7H2. The third kappa shape index (κ3) is 6.25. The number of pyridine rings is 3. The van der Waals surface area contributed by atoms with E-state index in [0.717, 1.165) is 35.3 Å². The normalized spacial score (nSPS) is 20.8. The Bertz CT molecular complexity index is 1760. The summed E-state index contributed by atoms with van der Waals surface area (Å²) < 4.78 is 0. The highest BCUT2D eigenvalue weighted by Crippen LogP contribution is 2.48. The largest absolute Gasteiger partial charge is 0.369 e. The first kappa shape index (κ1) is 31.0. The van der Waals surface area contributed by atoms with Gasteiger partial charge in [-0.05, 0) is 48.8 Å². The van der Waals surface area contributed by atoms with E-state index in [9.17, 15) is 14.9 Å². The van der Waals surface area contributed by atoms with Crippen LogP contribution < -0.4 is 10.9 Å². The molecule has 0 amide bonds. The fourth-order valence-corrected chi connectivity index (χ4v) is 7.94. The van der Waals surface area contributed by atoms with Gasteiger partial charge >= 0.3 is 0 Å². The maximum atomic E-state index is 12.3. The van der Waals surface area contributed by atoms with Crippen molar-refractivity contribution >= 4 is 34.0 Å². The van der Waals surface area contributed by atoms with Crippen molar-refractivity contribution in [2.24, 2.45) is 10.8 Å². The molecular weight excluding hydrogens is 586 g/mol. The van der Waals surface area contributed by atoms with Crippen LogP contribution in [0.1, 0.15) is 80.9 Å². The minimum atomic E-state index is -0.488. The number of carbonyl (C=O) groups excluding carboxylic acids is 1. The van der Waals surface area contributed by atoms with Crippen LogP contribution >= 0.6 is 11.6 Å². The van der Waals surface area contributed by atoms with E-state index in [1.165, 1.54) is 83.5 Å². The minimum Gasteiger partial charge on any atom is -0.369 e. The number of nitrogens with zero attached hydrogens (tertiary/aromatic N) is 5. The summed E-state index contributed by atoms with van der Waals surface area (Å²) in [5.74, 6) is -0.0670. The number of nitriles is 2. The maximum Gasteiger partial charge on any atom is 0.267 e. The number of hydrogen-bond acceptors (Lipinski definition) is 8. The molecule has 2 aliphatic heterocycles. The zero-order valence-electron chi connectivity index (χ0n) is 25.5. The molecule has 4 fully saturated rings. The van der Waals surface area contributed by atoms with Crippen molar-refractivity contribution in [3.8, 4) is 12.1 Å². The van der Waals surface area contributed by atoms with Crippen molar-refractivity contribution in [3.63, 3.8) is 0 Å². The molecule has 0 unspecified atom stereocenters. The number of Topliss-reactive ketones (excluding diaryl/α,β-unsaturated/α-hetero) is 1. The number of fused-ring (bicyclic) bond motifs is 2. The van der Waals surface area contributed by atoms with Gasteiger partial charge in [0.15, 0.2) is 5.78 Å². The van der Waals surface area contributed by atoms with Crippen LogP contribution in [-0.4, -0.2) is 51.8 Å². The number of rotatable bonds is 1. The molecule has 2 saturated heterocycles. The highest BCUT2D eigenvalue weighted by Gasteiger charge is 2.46. The van der Waals surface area contributed by atoms with Crippen molar-refractivity contribution in [1.29, 1.82) is 10.5 Å². The molecule has 0 radical (unpaired) electrons. The van der Waals surface area contributed by atoms with Crippen LogP contribution in [0.3, 0.4) is 0 Å². The molecule has 3 aromatic rings. The maximum absolute atomic E-state index is 12.3. The monoisotopic (exact) mass is 623 g/mol. The molecular formula is C35H38ClN7O2. The summed E-state index contributed by atoms with van der Waals surface area (Å²) in [5.41, 5.74) is 4.36. The Balaban J connectivity index is 0.000000132. The zero-order valence-corrected chi connectivity index (χ0v) is 26.3. The average molecular weight is 624 g/mol. The molecule has 45 heavy (non-hydrogen) atoms. The lowest BCUT2D eigenvalue weighted by atomic mass is 9.68. The van der Waals surface area contributed by atoms with Gasteiger partial charge in [0.05, 0.1) is 22.4 Å². The lowest BCUT2D eigenvalue weighted by Crippen LogP contribution is -2.56. The summed E-state index contributed by atoms with van der Waals surface area (Å²) in [6, 6.07) is 7.50. The molecule has 3 aliphatic carbocycles. The van der Waals surface area contributed by atoms with Crippen LogP contribution in [0.5, 0.6) is 0 Å². The zero-order chi connectivity index (χ0) is 31.4. The van der Waals surface area contributed by atoms with Crippen LogP contribution in [0, 0.1) is 33.5 Å². The lowest BCUT2D eigenvalue weighted by molar-refractivity contribution is -0.114. The second kappa shape index (κ2) is 13.1. The number of allylic oxidation sites excluding steroid dienone is 1. The lowest BCUT2D eigenvalue weighted by Gasteiger charge is -2.54. The van der Waals surface area contributed by atoms with E-state index in [-0.39, 0.29) is 16.4 Å². The minimum absolute atomic E-state index is 0.0645. The Morgan fingerprint density at radius 1 is 0.844 bits per heavy atom. The SMILES string of the molecule is C1CCC2(CC1)CNC2.N#CC1=C(N2CC3(CCCCC3)C2)c2ccncc2CC1=O.N#Cc1c(Cl)c2ccncc2[nH]c1=O. The molecule has 3 aromatic heterocycles. The van der Waals surface area contributed by atoms with Crippen molar-refractivity contribution in [3.05, 3.63) is 74.6 Å². The highest BCUT2D eigenvalue weighted by molar-refractivity contribution is 6.36. The van der Waals surface area contributed by atoms with Gasteiger partial charge < -0.3 is 15.2 Å². The summed E-state index contributed by atoms with van der Waals surface area (Å²) in [6.45, 7) is 4.60. The smallest absolute Gasteiger partial charge is 0.267 e. The number of halogens is 1. The predicted octanol–water partition coefficient (Wildman–Crippen LogP) is 5.70. The number of likely N-dealkylation sites (tertiary alicyclic amines) is 1. The number of H-pyrrole nitrogens is 1. The second-order valence-corrected chi connectivity index (χ2v) is 13.6. The van der Waals surface area contributed by atoms with Gasteiger partial charge in [-0.25, -0.2) is 0 Å². The summed E-state index contributed by atoms with van der Waals surface area (Å²) in [6.07, 6.45) is 20.9. The third-order valence-corrected chi connectivity index (χ3v) is 10.6. The van der Waals surface area contributed by atoms with E-state index in [1.54, 1.807) is 30.7 Å². The first-order valence-electron chi connectivity index (χ1n) is 16.0. The Hall–Kier alpha value is -4.05. The van der Waals surface area contributed by atoms with Gasteiger partial charge in [0.2, 0.25) is 0 Å². The topological polar surface area (TPSA) is 139 Å². The molecule has 9 nitrogen and oxygen atoms in total. The molecule has 10 heteroatoms. The van der Waals surface area contributed by atoms with Crippen molar-refractivity contribution in [2.45, 2.75) is 70.6 Å². The molecule has 2 N–H and O–H groups in total. The van der Waals surface area contributed by atoms with Gasteiger partial charge in [-0.1, -0.05) is 50.1 Å². The van der Waals surface area contributed by atoms with Crippen LogP contribution in [0.25, 0.3) is 16.6 Å². The molecule has 0 bridgehead atoms. The first-order chi connectivity index (χ1) is 21.9. The van der Waals surface area contributed by atoms with Crippen LogP contribution in [0.15, 0.2) is 47.3 Å². The van der Waals surface area contributed by atoms with E-state index in [2.05, 4.69) is 31.2 Å². The number of nitrogens with one attached hydrogen (secondary N) is 2. The first-order valence-corrected chi connectivity index (χ1v) is 16.4. The molecule has 2 spiro atoms. The van der Waals surface area contributed by atoms with Crippen molar-refractivity contribution in [1.82, 2.24) is 25.2 Å². The molecule has 0 aromatic carbocycles. The molecule has 0 atom stereocenters. The molecule has 5 heterocycles. The van der Waals surface area contributed by atoms with Gasteiger partial charge in [0, 0.05) is 67.6 Å². The summed E-state index contributed by atoms with van der Waals surface area (Å²) >= 11 is 5.88. The number of carbonyl (C=O) groups is 1. The summed E-state index contributed by atoms with van der Waals surface area (Å²) in [5, 5.41) is 22.3. The van der Waals surface area contributed by atoms with Gasteiger partial charge in [-0.2, -0.15) is 10.5 Å². The van der Waals surface area contributed by atoms with E-state index in [0.29, 0.717) is 28.3 Å². The fourth-order valence-electron chi connectivity index (χ4n) is 7.65. The van der Waals surface area contributed by atoms with E-state index < -0.39 is 5.56 Å². The number of aromatic nitrogens is 3. The van der Waals surface area contributed by atoms with Crippen LogP contribution in [0.2, 0.25) is 5.02 Å². The average Bonchev–Trinajstić information content (AvgIpc) is 3.04. The van der Waals surface area contributed by atoms with E-state index >= 15 is 0 Å². The molecule has 8 rings (SSSR count). The van der Waals surface area contributed by atoms with Gasteiger partial charge in [-0.15, -0.1) is 0 Å². The van der Waals surface area contributed by atoms with E-state index in [4.69, 9.17) is 16.9 Å². The molecule has 232 valence electrons. The Labute approximate surface area is 268 Å². The summed E-state index contributed by atoms with van der Waals surface area (Å²) in [7, 11) is 0. The number of hydrogen-bond donors (Lipinski definition) is 2. The van der Waals surface area contributed by atoms with Crippen molar-refractivity contribution in [2.75, 3.05) is 26.2 Å². The van der Waals surface area contributed by atoms with Crippen LogP contribution in [-0.2, 0) is 11.2 Å². The number of ketones is 1. The van der Waals surface area contributed by atoms with Gasteiger partial charge in [-0.3, -0.25) is 19.6 Å². The Kier molecular flexibility index (Phi) is 9.03. The van der Waals surface area contributed by atoms with Gasteiger partial charge in [0.25, 0.3) is 5.56 Å². The molecule has 2 saturated carbocycles. The number of aromatic amines is 1. The van der Waals surface area contributed by atoms with Crippen LogP contribution in [0.4, 0.5) is 0 Å². The predicted molar refractivity (Wildman–Crippen MR) is 173 cm³/mol. The Morgan fingerprint density at radius 3 is 2.09 bits per heavy atom. The Morgan fingerprint density at radius 2 is 1.49 bits per heavy atom. The second-order valence-electron chi connectivity index (χ2n) is 13.2. The summed E-state index contributed by atoms with van der Waals surface area (Å²) in [4.78, 5) is 36.3. The fraction of sp³-hybridized carbons (Fsp3) is 0.486. The molecule has 5 aliphatic rings. The van der Waals surface area contributed by atoms with Crippen molar-refractivity contribution < 1.29 is 4.79 Å². The van der Waals surface area contributed by atoms with E-state index in [1.807, 2.05) is 6.07 Å². The van der Waals surface area contributed by atoms with Gasteiger partial charge in [0.1, 0.15) is 23.3 Å². The third-order valence-electron chi connectivity index (χ3n) is 10.2.